The number of rotatable bonds is 9. The summed E-state index contributed by atoms with van der Waals surface area (Å²) >= 11 is 0. The topological polar surface area (TPSA) is 69.7 Å². The number of Topliss-reactive ketones (excluding diaryl/α,β-unsaturated/α-hetero) is 1. The molecule has 6 heteroatoms. The second kappa shape index (κ2) is 10.1. The Bertz CT molecular complexity index is 629. The Morgan fingerprint density at radius 2 is 1.40 bits per heavy atom. The highest BCUT2D eigenvalue weighted by Gasteiger charge is 2.43. The maximum Gasteiger partial charge on any atom is 0.318 e. The standard InChI is InChI=1S/C24H43N3O3/c1-7-23(3,4)13-14-25-22(30)27-16-10-12-19(27)21(29)18-11-9-15-26(18)20(28)17-24(5,6)8-2/h18-19H,7-17H2,1-6H3,(H,25,30). The van der Waals surface area contributed by atoms with Crippen LogP contribution in [0.15, 0.2) is 0 Å². The smallest absolute Gasteiger partial charge is 0.318 e. The molecule has 2 rings (SSSR count). The lowest BCUT2D eigenvalue weighted by molar-refractivity contribution is -0.140. The summed E-state index contributed by atoms with van der Waals surface area (Å²) in [5.74, 6) is 0.130. The normalized spacial score (nSPS) is 22.5. The zero-order valence-corrected chi connectivity index (χ0v) is 20.1. The van der Waals surface area contributed by atoms with Gasteiger partial charge >= 0.3 is 6.03 Å². The first kappa shape index (κ1) is 24.7. The fourth-order valence-electron chi connectivity index (χ4n) is 4.31. The molecule has 2 aliphatic heterocycles. The minimum absolute atomic E-state index is 0.0525. The first-order valence-electron chi connectivity index (χ1n) is 11.9. The third-order valence-corrected chi connectivity index (χ3v) is 7.37. The number of amides is 3. The van der Waals surface area contributed by atoms with Gasteiger partial charge in [0.2, 0.25) is 5.91 Å². The predicted octanol–water partition coefficient (Wildman–Crippen LogP) is 4.37. The Kier molecular flexibility index (Phi) is 8.35. The summed E-state index contributed by atoms with van der Waals surface area (Å²) in [5.41, 5.74) is 0.142. The van der Waals surface area contributed by atoms with Crippen LogP contribution in [0.25, 0.3) is 0 Å². The maximum absolute atomic E-state index is 13.4. The summed E-state index contributed by atoms with van der Waals surface area (Å²) in [6, 6.07) is -0.912. The summed E-state index contributed by atoms with van der Waals surface area (Å²) in [6.07, 6.45) is 6.49. The van der Waals surface area contributed by atoms with E-state index in [1.807, 2.05) is 0 Å². The molecule has 172 valence electrons. The fourth-order valence-corrected chi connectivity index (χ4v) is 4.31. The van der Waals surface area contributed by atoms with Crippen LogP contribution < -0.4 is 5.32 Å². The van der Waals surface area contributed by atoms with E-state index in [4.69, 9.17) is 0 Å². The van der Waals surface area contributed by atoms with Crippen LogP contribution >= 0.6 is 0 Å². The minimum atomic E-state index is -0.401. The summed E-state index contributed by atoms with van der Waals surface area (Å²) in [6.45, 7) is 14.7. The maximum atomic E-state index is 13.4. The van der Waals surface area contributed by atoms with E-state index in [9.17, 15) is 14.4 Å². The highest BCUT2D eigenvalue weighted by molar-refractivity contribution is 5.95. The van der Waals surface area contributed by atoms with Crippen molar-refractivity contribution in [2.45, 2.75) is 105 Å². The van der Waals surface area contributed by atoms with E-state index >= 15 is 0 Å². The van der Waals surface area contributed by atoms with Crippen molar-refractivity contribution < 1.29 is 14.4 Å². The van der Waals surface area contributed by atoms with Crippen molar-refractivity contribution in [3.63, 3.8) is 0 Å². The monoisotopic (exact) mass is 421 g/mol. The number of nitrogens with zero attached hydrogens (tertiary/aromatic N) is 2. The third-order valence-electron chi connectivity index (χ3n) is 7.37. The number of ketones is 1. The molecule has 1 N–H and O–H groups in total. The third kappa shape index (κ3) is 6.21. The lowest BCUT2D eigenvalue weighted by Crippen LogP contribution is -2.52. The van der Waals surface area contributed by atoms with Crippen LogP contribution in [0.1, 0.15) is 92.9 Å². The molecule has 2 unspecified atom stereocenters. The quantitative estimate of drug-likeness (QED) is 0.601. The number of carbonyl (C=O) groups is 3. The number of hydrogen-bond acceptors (Lipinski definition) is 3. The molecule has 2 heterocycles. The first-order chi connectivity index (χ1) is 14.0. The van der Waals surface area contributed by atoms with Gasteiger partial charge in [0, 0.05) is 26.1 Å². The van der Waals surface area contributed by atoms with Crippen LogP contribution in [0.3, 0.4) is 0 Å². The molecular weight excluding hydrogens is 378 g/mol. The second-order valence-corrected chi connectivity index (χ2v) is 10.7. The van der Waals surface area contributed by atoms with Gasteiger partial charge in [-0.1, -0.05) is 54.4 Å². The average Bonchev–Trinajstić information content (AvgIpc) is 3.36. The largest absolute Gasteiger partial charge is 0.338 e. The van der Waals surface area contributed by atoms with E-state index in [0.29, 0.717) is 38.9 Å². The number of nitrogens with one attached hydrogen (secondary N) is 1. The molecule has 0 bridgehead atoms. The van der Waals surface area contributed by atoms with Gasteiger partial charge in [-0.25, -0.2) is 4.79 Å². The van der Waals surface area contributed by atoms with Gasteiger partial charge in [0.1, 0.15) is 0 Å². The van der Waals surface area contributed by atoms with Crippen molar-refractivity contribution in [2.75, 3.05) is 19.6 Å². The molecule has 0 aliphatic carbocycles. The lowest BCUT2D eigenvalue weighted by Gasteiger charge is -2.32. The molecule has 0 radical (unpaired) electrons. The van der Waals surface area contributed by atoms with Crippen LogP contribution in [-0.2, 0) is 9.59 Å². The van der Waals surface area contributed by atoms with Crippen molar-refractivity contribution in [3.05, 3.63) is 0 Å². The van der Waals surface area contributed by atoms with Crippen LogP contribution in [0.2, 0.25) is 0 Å². The van der Waals surface area contributed by atoms with Gasteiger partial charge in [-0.3, -0.25) is 9.59 Å². The van der Waals surface area contributed by atoms with Crippen molar-refractivity contribution in [2.24, 2.45) is 10.8 Å². The van der Waals surface area contributed by atoms with Crippen LogP contribution in [0, 0.1) is 10.8 Å². The molecule has 3 amide bonds. The molecule has 0 aromatic carbocycles. The first-order valence-corrected chi connectivity index (χ1v) is 11.9. The molecule has 2 fully saturated rings. The molecule has 2 atom stereocenters. The van der Waals surface area contributed by atoms with E-state index < -0.39 is 6.04 Å². The molecule has 0 saturated carbocycles. The van der Waals surface area contributed by atoms with Crippen LogP contribution in [0.5, 0.6) is 0 Å². The van der Waals surface area contributed by atoms with Gasteiger partial charge in [-0.15, -0.1) is 0 Å². The lowest BCUT2D eigenvalue weighted by atomic mass is 9.86. The molecule has 0 spiro atoms. The van der Waals surface area contributed by atoms with Gasteiger partial charge in [0.15, 0.2) is 5.78 Å². The Hall–Kier alpha value is -1.59. The van der Waals surface area contributed by atoms with Crippen molar-refractivity contribution in [1.29, 1.82) is 0 Å². The number of urea groups is 1. The molecule has 2 saturated heterocycles. The van der Waals surface area contributed by atoms with Crippen LogP contribution in [0.4, 0.5) is 4.79 Å². The summed E-state index contributed by atoms with van der Waals surface area (Å²) in [4.78, 5) is 42.6. The zero-order chi connectivity index (χ0) is 22.5. The van der Waals surface area contributed by atoms with E-state index in [0.717, 1.165) is 32.1 Å². The van der Waals surface area contributed by atoms with E-state index in [1.165, 1.54) is 0 Å². The van der Waals surface area contributed by atoms with Gasteiger partial charge in [-0.2, -0.15) is 0 Å². The molecular formula is C24H43N3O3. The molecule has 30 heavy (non-hydrogen) atoms. The molecule has 0 aromatic heterocycles. The Labute approximate surface area is 183 Å². The average molecular weight is 422 g/mol. The summed E-state index contributed by atoms with van der Waals surface area (Å²) in [7, 11) is 0. The summed E-state index contributed by atoms with van der Waals surface area (Å²) < 4.78 is 0. The number of carbonyl (C=O) groups excluding carboxylic acids is 3. The zero-order valence-electron chi connectivity index (χ0n) is 20.1. The molecule has 0 aromatic rings. The van der Waals surface area contributed by atoms with Gasteiger partial charge in [0.05, 0.1) is 12.1 Å². The van der Waals surface area contributed by atoms with E-state index in [2.05, 4.69) is 46.9 Å². The Morgan fingerprint density at radius 3 is 1.97 bits per heavy atom. The fraction of sp³-hybridized carbons (Fsp3) is 0.875. The van der Waals surface area contributed by atoms with Crippen molar-refractivity contribution in [1.82, 2.24) is 15.1 Å². The molecule has 2 aliphatic rings. The number of likely N-dealkylation sites (tertiary alicyclic amines) is 2. The van der Waals surface area contributed by atoms with Gasteiger partial charge in [0.25, 0.3) is 0 Å². The van der Waals surface area contributed by atoms with Crippen molar-refractivity contribution in [3.8, 4) is 0 Å². The van der Waals surface area contributed by atoms with E-state index in [1.54, 1.807) is 9.80 Å². The van der Waals surface area contributed by atoms with Gasteiger partial charge < -0.3 is 15.1 Å². The second-order valence-electron chi connectivity index (χ2n) is 10.7. The van der Waals surface area contributed by atoms with Crippen molar-refractivity contribution >= 4 is 17.7 Å². The number of hydrogen-bond donors (Lipinski definition) is 1. The Morgan fingerprint density at radius 1 is 0.867 bits per heavy atom. The predicted molar refractivity (Wildman–Crippen MR) is 120 cm³/mol. The highest BCUT2D eigenvalue weighted by atomic mass is 16.2. The Balaban J connectivity index is 1.98. The van der Waals surface area contributed by atoms with E-state index in [-0.39, 0.29) is 34.6 Å². The van der Waals surface area contributed by atoms with Gasteiger partial charge in [-0.05, 0) is 42.9 Å². The highest BCUT2D eigenvalue weighted by Crippen LogP contribution is 2.30. The molecule has 6 nitrogen and oxygen atoms in total. The summed E-state index contributed by atoms with van der Waals surface area (Å²) in [5, 5.41) is 3.02. The van der Waals surface area contributed by atoms with Crippen LogP contribution in [-0.4, -0.2) is 59.2 Å². The minimum Gasteiger partial charge on any atom is -0.338 e. The SMILES string of the molecule is CCC(C)(C)CCNC(=O)N1CCCC1C(=O)C1CCCN1C(=O)CC(C)(C)CC.